The normalized spacial score (nSPS) is 13.9. The maximum absolute atomic E-state index is 13.0. The first-order chi connectivity index (χ1) is 12.1. The molecule has 0 spiro atoms. The lowest BCUT2D eigenvalue weighted by Crippen LogP contribution is -2.33. The van der Waals surface area contributed by atoms with Crippen LogP contribution in [0.3, 0.4) is 0 Å². The Morgan fingerprint density at radius 1 is 1.31 bits per heavy atom. The standard InChI is InChI=1S/C15H19F3N4O3S/c1-10(2)25-6-7-26(23,24)22-13(14-19-9-20-21-14)11-4-3-5-12(8-11)15(16,17)18/h3-5,8-10,13,22H,6-7H2,1-2H3,(H,19,20,21)/t13-/m1/s1. The molecule has 0 amide bonds. The fraction of sp³-hybridized carbons (Fsp3) is 0.467. The zero-order valence-corrected chi connectivity index (χ0v) is 14.9. The van der Waals surface area contributed by atoms with Crippen LogP contribution in [-0.4, -0.2) is 42.1 Å². The van der Waals surface area contributed by atoms with E-state index in [0.717, 1.165) is 18.5 Å². The number of benzene rings is 1. The van der Waals surface area contributed by atoms with Crippen LogP contribution in [0.1, 0.15) is 36.8 Å². The number of aromatic amines is 1. The van der Waals surface area contributed by atoms with Gasteiger partial charge in [0, 0.05) is 0 Å². The van der Waals surface area contributed by atoms with E-state index in [-0.39, 0.29) is 29.9 Å². The van der Waals surface area contributed by atoms with E-state index < -0.39 is 27.8 Å². The quantitative estimate of drug-likeness (QED) is 0.718. The summed E-state index contributed by atoms with van der Waals surface area (Å²) in [5.41, 5.74) is -0.799. The minimum atomic E-state index is -4.55. The molecule has 2 rings (SSSR count). The lowest BCUT2D eigenvalue weighted by atomic mass is 10.0. The van der Waals surface area contributed by atoms with E-state index in [0.29, 0.717) is 0 Å². The highest BCUT2D eigenvalue weighted by Gasteiger charge is 2.32. The first-order valence-corrected chi connectivity index (χ1v) is 9.38. The zero-order valence-electron chi connectivity index (χ0n) is 14.1. The number of sulfonamides is 1. The van der Waals surface area contributed by atoms with Gasteiger partial charge in [0.05, 0.1) is 24.0 Å². The molecular formula is C15H19F3N4O3S. The van der Waals surface area contributed by atoms with Gasteiger partial charge in [-0.15, -0.1) is 0 Å². The summed E-state index contributed by atoms with van der Waals surface area (Å²) in [5.74, 6) is -0.257. The van der Waals surface area contributed by atoms with Crippen LogP contribution in [0.4, 0.5) is 13.2 Å². The minimum Gasteiger partial charge on any atom is -0.378 e. The summed E-state index contributed by atoms with van der Waals surface area (Å²) in [4.78, 5) is 3.87. The molecule has 0 radical (unpaired) electrons. The van der Waals surface area contributed by atoms with Gasteiger partial charge in [-0.25, -0.2) is 13.4 Å². The maximum atomic E-state index is 13.0. The summed E-state index contributed by atoms with van der Waals surface area (Å²) < 4.78 is 71.1. The third-order valence-electron chi connectivity index (χ3n) is 3.36. The maximum Gasteiger partial charge on any atom is 0.416 e. The summed E-state index contributed by atoms with van der Waals surface area (Å²) in [6.07, 6.45) is -3.54. The van der Waals surface area contributed by atoms with E-state index in [1.165, 1.54) is 12.1 Å². The van der Waals surface area contributed by atoms with Gasteiger partial charge in [0.1, 0.15) is 18.2 Å². The zero-order chi connectivity index (χ0) is 19.4. The van der Waals surface area contributed by atoms with Crippen molar-refractivity contribution in [2.45, 2.75) is 32.2 Å². The van der Waals surface area contributed by atoms with E-state index in [1.807, 2.05) is 0 Å². The number of nitrogens with one attached hydrogen (secondary N) is 2. The lowest BCUT2D eigenvalue weighted by Gasteiger charge is -2.18. The van der Waals surface area contributed by atoms with E-state index in [2.05, 4.69) is 19.9 Å². The second-order valence-electron chi connectivity index (χ2n) is 5.78. The molecule has 2 N–H and O–H groups in total. The van der Waals surface area contributed by atoms with E-state index in [1.54, 1.807) is 13.8 Å². The molecule has 144 valence electrons. The number of rotatable bonds is 8. The highest BCUT2D eigenvalue weighted by molar-refractivity contribution is 7.89. The van der Waals surface area contributed by atoms with Crippen molar-refractivity contribution in [3.05, 3.63) is 47.5 Å². The van der Waals surface area contributed by atoms with Gasteiger partial charge in [-0.05, 0) is 31.5 Å². The number of hydrogen-bond acceptors (Lipinski definition) is 5. The average molecular weight is 392 g/mol. The number of nitrogens with zero attached hydrogens (tertiary/aromatic N) is 2. The SMILES string of the molecule is CC(C)OCCS(=O)(=O)N[C@H](c1cccc(C(F)(F)F)c1)c1ncn[nH]1. The fourth-order valence-electron chi connectivity index (χ4n) is 2.16. The van der Waals surface area contributed by atoms with Crippen molar-refractivity contribution in [3.8, 4) is 0 Å². The molecule has 1 heterocycles. The molecule has 0 unspecified atom stereocenters. The molecule has 1 aromatic carbocycles. The van der Waals surface area contributed by atoms with Crippen molar-refractivity contribution in [2.75, 3.05) is 12.4 Å². The Morgan fingerprint density at radius 3 is 2.62 bits per heavy atom. The fourth-order valence-corrected chi connectivity index (χ4v) is 3.20. The molecule has 2 aromatic rings. The molecule has 0 aliphatic carbocycles. The third-order valence-corrected chi connectivity index (χ3v) is 4.65. The topological polar surface area (TPSA) is 97.0 Å². The first-order valence-electron chi connectivity index (χ1n) is 7.72. The Morgan fingerprint density at radius 2 is 2.04 bits per heavy atom. The molecular weight excluding hydrogens is 373 g/mol. The molecule has 1 aromatic heterocycles. The number of halogens is 3. The van der Waals surface area contributed by atoms with Crippen LogP contribution in [-0.2, 0) is 20.9 Å². The van der Waals surface area contributed by atoms with Crippen LogP contribution >= 0.6 is 0 Å². The number of ether oxygens (including phenoxy) is 1. The highest BCUT2D eigenvalue weighted by Crippen LogP contribution is 2.31. The van der Waals surface area contributed by atoms with Gasteiger partial charge in [-0.1, -0.05) is 12.1 Å². The molecule has 0 saturated heterocycles. The number of H-pyrrole nitrogens is 1. The molecule has 11 heteroatoms. The number of alkyl halides is 3. The van der Waals surface area contributed by atoms with Crippen LogP contribution in [0.5, 0.6) is 0 Å². The Bertz CT molecular complexity index is 808. The summed E-state index contributed by atoms with van der Waals surface area (Å²) in [6, 6.07) is 3.24. The van der Waals surface area contributed by atoms with Gasteiger partial charge < -0.3 is 4.74 Å². The van der Waals surface area contributed by atoms with Crippen molar-refractivity contribution in [1.82, 2.24) is 19.9 Å². The summed E-state index contributed by atoms with van der Waals surface area (Å²) in [7, 11) is -3.84. The predicted molar refractivity (Wildman–Crippen MR) is 87.7 cm³/mol. The van der Waals surface area contributed by atoms with Gasteiger partial charge in [0.25, 0.3) is 0 Å². The number of aromatic nitrogens is 3. The van der Waals surface area contributed by atoms with Gasteiger partial charge in [0.15, 0.2) is 0 Å². The molecule has 0 aliphatic heterocycles. The van der Waals surface area contributed by atoms with Crippen LogP contribution < -0.4 is 4.72 Å². The van der Waals surface area contributed by atoms with Gasteiger partial charge in [-0.2, -0.15) is 23.0 Å². The monoisotopic (exact) mass is 392 g/mol. The van der Waals surface area contributed by atoms with Gasteiger partial charge >= 0.3 is 6.18 Å². The van der Waals surface area contributed by atoms with E-state index >= 15 is 0 Å². The number of hydrogen-bond donors (Lipinski definition) is 2. The largest absolute Gasteiger partial charge is 0.416 e. The van der Waals surface area contributed by atoms with E-state index in [4.69, 9.17) is 4.74 Å². The van der Waals surface area contributed by atoms with Crippen molar-refractivity contribution in [2.24, 2.45) is 0 Å². The van der Waals surface area contributed by atoms with E-state index in [9.17, 15) is 21.6 Å². The van der Waals surface area contributed by atoms with Crippen molar-refractivity contribution in [1.29, 1.82) is 0 Å². The van der Waals surface area contributed by atoms with Crippen molar-refractivity contribution < 1.29 is 26.3 Å². The molecule has 0 aliphatic rings. The van der Waals surface area contributed by atoms with Gasteiger partial charge in [-0.3, -0.25) is 5.10 Å². The van der Waals surface area contributed by atoms with Crippen LogP contribution in [0.15, 0.2) is 30.6 Å². The second-order valence-corrected chi connectivity index (χ2v) is 7.66. The Kier molecular flexibility index (Phi) is 6.37. The second kappa shape index (κ2) is 8.14. The molecule has 26 heavy (non-hydrogen) atoms. The molecule has 0 bridgehead atoms. The van der Waals surface area contributed by atoms with Crippen LogP contribution in [0.2, 0.25) is 0 Å². The Balaban J connectivity index is 2.29. The Hall–Kier alpha value is -1.98. The molecule has 1 atom stereocenters. The van der Waals surface area contributed by atoms with Crippen LogP contribution in [0, 0.1) is 0 Å². The molecule has 0 fully saturated rings. The average Bonchev–Trinajstić information content (AvgIpc) is 3.05. The molecule has 0 saturated carbocycles. The van der Waals surface area contributed by atoms with Gasteiger partial charge in [0.2, 0.25) is 10.0 Å². The smallest absolute Gasteiger partial charge is 0.378 e. The first kappa shape index (κ1) is 20.3. The highest BCUT2D eigenvalue weighted by atomic mass is 32.2. The third kappa shape index (κ3) is 5.78. The lowest BCUT2D eigenvalue weighted by molar-refractivity contribution is -0.137. The molecule has 7 nitrogen and oxygen atoms in total. The van der Waals surface area contributed by atoms with Crippen molar-refractivity contribution in [3.63, 3.8) is 0 Å². The van der Waals surface area contributed by atoms with Crippen molar-refractivity contribution >= 4 is 10.0 Å². The van der Waals surface area contributed by atoms with Crippen LogP contribution in [0.25, 0.3) is 0 Å². The summed E-state index contributed by atoms with van der Waals surface area (Å²) in [6.45, 7) is 3.48. The summed E-state index contributed by atoms with van der Waals surface area (Å²) >= 11 is 0. The summed E-state index contributed by atoms with van der Waals surface area (Å²) in [5, 5.41) is 6.13. The predicted octanol–water partition coefficient (Wildman–Crippen LogP) is 2.26. The minimum absolute atomic E-state index is 0.0429. The Labute approximate surface area is 149 Å².